The van der Waals surface area contributed by atoms with Gasteiger partial charge in [0, 0.05) is 55.3 Å². The lowest BCUT2D eigenvalue weighted by Gasteiger charge is -2.32. The lowest BCUT2D eigenvalue weighted by Crippen LogP contribution is -2.43. The Morgan fingerprint density at radius 3 is 0.905 bits per heavy atom. The first-order chi connectivity index (χ1) is 20.2. The first kappa shape index (κ1) is 27.1. The molecule has 12 nitrogen and oxygen atoms in total. The second-order valence-electron chi connectivity index (χ2n) is 9.82. The summed E-state index contributed by atoms with van der Waals surface area (Å²) in [7, 11) is 0. The predicted octanol–water partition coefficient (Wildman–Crippen LogP) is 1.82. The van der Waals surface area contributed by atoms with Crippen molar-refractivity contribution < 1.29 is 49.8 Å². The molecule has 0 aromatic heterocycles. The molecule has 0 saturated carbocycles. The molecule has 0 spiro atoms. The van der Waals surface area contributed by atoms with Crippen LogP contribution in [-0.4, -0.2) is 54.3 Å². The summed E-state index contributed by atoms with van der Waals surface area (Å²) in [6.45, 7) is -2.49. The summed E-state index contributed by atoms with van der Waals surface area (Å²) in [6, 6.07) is 10.4. The molecule has 42 heavy (non-hydrogen) atoms. The highest BCUT2D eigenvalue weighted by Crippen LogP contribution is 2.42. The van der Waals surface area contributed by atoms with Crippen molar-refractivity contribution in [2.45, 2.75) is 26.4 Å². The predicted molar refractivity (Wildman–Crippen MR) is 146 cm³/mol. The van der Waals surface area contributed by atoms with Crippen LogP contribution in [0.5, 0.6) is 11.5 Å². The molecule has 4 aromatic rings. The minimum Gasteiger partial charge on any atom is -0.507 e. The third kappa shape index (κ3) is 3.63. The highest BCUT2D eigenvalue weighted by molar-refractivity contribution is 6.42. The van der Waals surface area contributed by atoms with E-state index in [2.05, 4.69) is 0 Å². The largest absolute Gasteiger partial charge is 0.507 e. The fourth-order valence-corrected chi connectivity index (χ4v) is 5.57. The number of hydrogen-bond acceptors (Lipinski definition) is 10. The summed E-state index contributed by atoms with van der Waals surface area (Å²) in [6.07, 6.45) is 0. The molecular weight excluding hydrogens is 548 g/mol. The van der Waals surface area contributed by atoms with Crippen LogP contribution in [0, 0.1) is 0 Å². The maximum Gasteiger partial charge on any atom is 0.265 e. The third-order valence-electron chi connectivity index (χ3n) is 7.60. The number of benzene rings is 4. The van der Waals surface area contributed by atoms with Crippen molar-refractivity contribution in [1.29, 1.82) is 0 Å². The van der Waals surface area contributed by atoms with Gasteiger partial charge in [0.15, 0.2) is 0 Å². The molecule has 4 aromatic carbocycles. The number of carbonyl (C=O) groups excluding carboxylic acids is 4. The van der Waals surface area contributed by atoms with E-state index < -0.39 is 50.1 Å². The van der Waals surface area contributed by atoms with Gasteiger partial charge < -0.3 is 30.6 Å². The number of imide groups is 2. The zero-order valence-electron chi connectivity index (χ0n) is 21.7. The topological polar surface area (TPSA) is 196 Å². The van der Waals surface area contributed by atoms with E-state index in [4.69, 9.17) is 0 Å². The average molecular weight is 571 g/mol. The minimum absolute atomic E-state index is 0.0000181. The molecule has 0 atom stereocenters. The van der Waals surface area contributed by atoms with Gasteiger partial charge in [-0.25, -0.2) is 9.80 Å². The van der Waals surface area contributed by atoms with Gasteiger partial charge in [-0.3, -0.25) is 19.2 Å². The fourth-order valence-electron chi connectivity index (χ4n) is 5.57. The Bertz CT molecular complexity index is 1640. The van der Waals surface area contributed by atoms with E-state index in [1.165, 1.54) is 48.5 Å². The van der Waals surface area contributed by atoms with E-state index in [1.54, 1.807) is 0 Å². The second-order valence-corrected chi connectivity index (χ2v) is 9.82. The minimum atomic E-state index is -0.782. The normalized spacial score (nSPS) is 14.4. The van der Waals surface area contributed by atoms with E-state index in [0.29, 0.717) is 0 Å². The number of nitrogens with zero attached hydrogens (tertiary/aromatic N) is 2. The number of aromatic hydroxyl groups is 2. The Hall–Kier alpha value is -5.14. The van der Waals surface area contributed by atoms with E-state index >= 15 is 0 Å². The van der Waals surface area contributed by atoms with Crippen LogP contribution < -0.4 is 9.80 Å². The van der Waals surface area contributed by atoms with E-state index in [1.807, 2.05) is 0 Å². The number of aliphatic hydroxyl groups excluding tert-OH is 4. The summed E-state index contributed by atoms with van der Waals surface area (Å²) in [4.78, 5) is 56.5. The van der Waals surface area contributed by atoms with Crippen LogP contribution in [0.25, 0.3) is 10.8 Å². The number of anilines is 2. The number of hydrogen-bond donors (Lipinski definition) is 6. The molecule has 6 rings (SSSR count). The number of amides is 4. The van der Waals surface area contributed by atoms with Crippen LogP contribution in [0.3, 0.4) is 0 Å². The fraction of sp³-hybridized carbons (Fsp3) is 0.133. The van der Waals surface area contributed by atoms with E-state index in [0.717, 1.165) is 9.80 Å². The maximum atomic E-state index is 13.7. The van der Waals surface area contributed by atoms with Crippen molar-refractivity contribution in [2.24, 2.45) is 0 Å². The smallest absolute Gasteiger partial charge is 0.265 e. The monoisotopic (exact) mass is 570 g/mol. The van der Waals surface area contributed by atoms with Crippen molar-refractivity contribution in [3.63, 3.8) is 0 Å². The molecule has 0 radical (unpaired) electrons. The van der Waals surface area contributed by atoms with Gasteiger partial charge >= 0.3 is 0 Å². The van der Waals surface area contributed by atoms with Crippen LogP contribution in [0.15, 0.2) is 48.5 Å². The summed E-state index contributed by atoms with van der Waals surface area (Å²) < 4.78 is 0. The summed E-state index contributed by atoms with van der Waals surface area (Å²) in [5, 5.41) is 59.3. The molecule has 12 heteroatoms. The highest BCUT2D eigenvalue weighted by atomic mass is 16.3. The van der Waals surface area contributed by atoms with Gasteiger partial charge in [0.25, 0.3) is 23.6 Å². The number of aliphatic hydroxyl groups is 4. The molecule has 0 fully saturated rings. The number of phenols is 2. The quantitative estimate of drug-likeness (QED) is 0.186. The number of rotatable bonds is 6. The molecule has 0 bridgehead atoms. The van der Waals surface area contributed by atoms with E-state index in [-0.39, 0.29) is 78.2 Å². The van der Waals surface area contributed by atoms with Crippen molar-refractivity contribution >= 4 is 45.8 Å². The SMILES string of the molecule is O=C1c2ccc3c4c(ccc(c24)C(=O)N1c1cc(CO)c(O)c(CO)c1)C(=O)N(c1cc(CO)c(O)c(CO)c1)C3=O. The van der Waals surface area contributed by atoms with Crippen LogP contribution in [-0.2, 0) is 26.4 Å². The molecule has 4 amide bonds. The molecule has 2 aliphatic rings. The molecule has 0 aliphatic carbocycles. The molecule has 212 valence electrons. The average Bonchev–Trinajstić information content (AvgIpc) is 2.99. The third-order valence-corrected chi connectivity index (χ3v) is 7.60. The molecule has 6 N–H and O–H groups in total. The van der Waals surface area contributed by atoms with E-state index in [9.17, 15) is 49.8 Å². The van der Waals surface area contributed by atoms with Crippen LogP contribution in [0.4, 0.5) is 11.4 Å². The molecule has 0 saturated heterocycles. The van der Waals surface area contributed by atoms with Gasteiger partial charge in [-0.05, 0) is 48.5 Å². The molecule has 0 unspecified atom stereocenters. The van der Waals surface area contributed by atoms with Crippen LogP contribution >= 0.6 is 0 Å². The lowest BCUT2D eigenvalue weighted by molar-refractivity contribution is 0.0873. The van der Waals surface area contributed by atoms with Crippen molar-refractivity contribution in [2.75, 3.05) is 9.80 Å². The highest BCUT2D eigenvalue weighted by Gasteiger charge is 2.41. The van der Waals surface area contributed by atoms with Gasteiger partial charge in [-0.2, -0.15) is 0 Å². The Morgan fingerprint density at radius 2 is 0.690 bits per heavy atom. The van der Waals surface area contributed by atoms with Gasteiger partial charge in [0.1, 0.15) is 11.5 Å². The summed E-state index contributed by atoms with van der Waals surface area (Å²) in [5.41, 5.74) is 0.0763. The molecule has 2 aliphatic heterocycles. The Balaban J connectivity index is 1.52. The lowest BCUT2D eigenvalue weighted by atomic mass is 9.85. The van der Waals surface area contributed by atoms with Crippen molar-refractivity contribution in [3.05, 3.63) is 93.0 Å². The first-order valence-electron chi connectivity index (χ1n) is 12.7. The zero-order chi connectivity index (χ0) is 30.0. The van der Waals surface area contributed by atoms with Crippen LogP contribution in [0.1, 0.15) is 63.7 Å². The maximum absolute atomic E-state index is 13.7. The Morgan fingerprint density at radius 1 is 0.452 bits per heavy atom. The summed E-state index contributed by atoms with van der Waals surface area (Å²) in [5.74, 6) is -3.86. The molecule has 2 heterocycles. The second kappa shape index (κ2) is 9.75. The standard InChI is InChI=1S/C30H22N2O10/c33-9-13-5-17(6-14(10-34)25(13)37)31-27(39)19-1-2-20-24-22(4-3-21(23(19)24)29(31)41)30(42)32(28(20)40)18-7-15(11-35)26(38)16(8-18)12-36/h1-8,33-38H,9-12H2. The van der Waals surface area contributed by atoms with Gasteiger partial charge in [-0.15, -0.1) is 0 Å². The Kier molecular flexibility index (Phi) is 6.28. The van der Waals surface area contributed by atoms with Gasteiger partial charge in [0.2, 0.25) is 0 Å². The van der Waals surface area contributed by atoms with Crippen molar-refractivity contribution in [3.8, 4) is 11.5 Å². The summed E-state index contributed by atoms with van der Waals surface area (Å²) >= 11 is 0. The van der Waals surface area contributed by atoms with Gasteiger partial charge in [-0.1, -0.05) is 0 Å². The van der Waals surface area contributed by atoms with Crippen LogP contribution in [0.2, 0.25) is 0 Å². The van der Waals surface area contributed by atoms with Gasteiger partial charge in [0.05, 0.1) is 37.8 Å². The zero-order valence-corrected chi connectivity index (χ0v) is 21.7. The number of carbonyl (C=O) groups is 4. The Labute approximate surface area is 236 Å². The van der Waals surface area contributed by atoms with Crippen molar-refractivity contribution in [1.82, 2.24) is 0 Å². The molecular formula is C30H22N2O10. The first-order valence-corrected chi connectivity index (χ1v) is 12.7.